The van der Waals surface area contributed by atoms with Gasteiger partial charge >= 0.3 is 0 Å². The summed E-state index contributed by atoms with van der Waals surface area (Å²) in [6.07, 6.45) is 2.11. The van der Waals surface area contributed by atoms with Gasteiger partial charge in [-0.05, 0) is 47.7 Å². The van der Waals surface area contributed by atoms with Gasteiger partial charge in [0, 0.05) is 13.1 Å². The molecule has 170 valence electrons. The van der Waals surface area contributed by atoms with Crippen LogP contribution in [0.5, 0.6) is 11.5 Å². The Hall–Kier alpha value is -3.28. The van der Waals surface area contributed by atoms with Gasteiger partial charge in [0.2, 0.25) is 11.8 Å². The molecule has 0 radical (unpaired) electrons. The van der Waals surface area contributed by atoms with E-state index in [1.807, 2.05) is 62.4 Å². The predicted octanol–water partition coefficient (Wildman–Crippen LogP) is 4.04. The highest BCUT2D eigenvalue weighted by Gasteiger charge is 2.46. The first-order valence-electron chi connectivity index (χ1n) is 10.9. The molecule has 6 heteroatoms. The Morgan fingerprint density at radius 3 is 1.72 bits per heavy atom. The van der Waals surface area contributed by atoms with Crippen LogP contribution in [0.3, 0.4) is 0 Å². The van der Waals surface area contributed by atoms with Gasteiger partial charge in [-0.25, -0.2) is 0 Å². The Balaban J connectivity index is 1.90. The number of carbonyl (C=O) groups excluding carboxylic acids is 2. The Labute approximate surface area is 190 Å². The lowest BCUT2D eigenvalue weighted by Gasteiger charge is -2.46. The first-order chi connectivity index (χ1) is 15.4. The monoisotopic (exact) mass is 436 g/mol. The Bertz CT molecular complexity index is 937. The molecule has 0 spiro atoms. The lowest BCUT2D eigenvalue weighted by Crippen LogP contribution is -2.65. The van der Waals surface area contributed by atoms with Crippen LogP contribution in [0.2, 0.25) is 0 Å². The standard InChI is InChI=1S/C26H32N2O4/c1-6-7-23-25(29)28(17-20-10-14-22(32-5)15-11-20)24(18(2)3)26(30)27(23)16-19-8-12-21(31-4)13-9-19/h6,8-15,18,23-24H,1,7,16-17H2,2-5H3/t23-,24+/m1/s1. The normalized spacial score (nSPS) is 18.8. The summed E-state index contributed by atoms with van der Waals surface area (Å²) in [5.41, 5.74) is 1.91. The molecule has 0 unspecified atom stereocenters. The number of nitrogens with zero attached hydrogens (tertiary/aromatic N) is 2. The van der Waals surface area contributed by atoms with E-state index < -0.39 is 12.1 Å². The van der Waals surface area contributed by atoms with E-state index in [0.717, 1.165) is 22.6 Å². The first kappa shape index (κ1) is 23.4. The van der Waals surface area contributed by atoms with Gasteiger partial charge in [-0.2, -0.15) is 0 Å². The van der Waals surface area contributed by atoms with Gasteiger partial charge in [-0.1, -0.05) is 44.2 Å². The van der Waals surface area contributed by atoms with Crippen LogP contribution in [-0.2, 0) is 22.7 Å². The molecule has 1 heterocycles. The number of piperazine rings is 1. The minimum Gasteiger partial charge on any atom is -0.497 e. The van der Waals surface area contributed by atoms with Gasteiger partial charge in [0.05, 0.1) is 14.2 Å². The van der Waals surface area contributed by atoms with Gasteiger partial charge in [0.25, 0.3) is 0 Å². The van der Waals surface area contributed by atoms with Gasteiger partial charge in [-0.15, -0.1) is 6.58 Å². The fraction of sp³-hybridized carbons (Fsp3) is 0.385. The fourth-order valence-electron chi connectivity index (χ4n) is 4.17. The van der Waals surface area contributed by atoms with Crippen LogP contribution in [0.1, 0.15) is 31.4 Å². The number of methoxy groups -OCH3 is 2. The Morgan fingerprint density at radius 1 is 0.844 bits per heavy atom. The molecule has 0 N–H and O–H groups in total. The molecule has 0 aromatic heterocycles. The number of hydrogen-bond donors (Lipinski definition) is 0. The summed E-state index contributed by atoms with van der Waals surface area (Å²) in [6, 6.07) is 14.1. The number of rotatable bonds is 9. The fourth-order valence-corrected chi connectivity index (χ4v) is 4.17. The lowest BCUT2D eigenvalue weighted by atomic mass is 9.93. The minimum absolute atomic E-state index is 0.0206. The highest BCUT2D eigenvalue weighted by Crippen LogP contribution is 2.29. The third-order valence-electron chi connectivity index (χ3n) is 5.86. The number of carbonyl (C=O) groups is 2. The molecule has 1 saturated heterocycles. The largest absolute Gasteiger partial charge is 0.497 e. The highest BCUT2D eigenvalue weighted by molar-refractivity contribution is 5.97. The van der Waals surface area contributed by atoms with Gasteiger partial charge in [0.1, 0.15) is 23.6 Å². The van der Waals surface area contributed by atoms with Crippen LogP contribution >= 0.6 is 0 Å². The molecule has 2 atom stereocenters. The molecule has 1 aliphatic heterocycles. The van der Waals surface area contributed by atoms with E-state index in [9.17, 15) is 9.59 Å². The van der Waals surface area contributed by atoms with E-state index in [0.29, 0.717) is 19.5 Å². The average Bonchev–Trinajstić information content (AvgIpc) is 2.80. The maximum absolute atomic E-state index is 13.7. The lowest BCUT2D eigenvalue weighted by molar-refractivity contribution is -0.165. The van der Waals surface area contributed by atoms with Crippen molar-refractivity contribution in [3.8, 4) is 11.5 Å². The smallest absolute Gasteiger partial charge is 0.246 e. The van der Waals surface area contributed by atoms with Crippen LogP contribution in [0.25, 0.3) is 0 Å². The zero-order valence-corrected chi connectivity index (χ0v) is 19.3. The number of hydrogen-bond acceptors (Lipinski definition) is 4. The molecule has 6 nitrogen and oxygen atoms in total. The SMILES string of the molecule is C=CC[C@@H]1C(=O)N(Cc2ccc(OC)cc2)[C@@H](C(C)C)C(=O)N1Cc1ccc(OC)cc1. The van der Waals surface area contributed by atoms with Gasteiger partial charge in [-0.3, -0.25) is 9.59 Å². The maximum atomic E-state index is 13.7. The van der Waals surface area contributed by atoms with Crippen LogP contribution in [0.4, 0.5) is 0 Å². The summed E-state index contributed by atoms with van der Waals surface area (Å²) in [5.74, 6) is 1.41. The summed E-state index contributed by atoms with van der Waals surface area (Å²) in [4.78, 5) is 30.8. The molecule has 1 fully saturated rings. The van der Waals surface area contributed by atoms with Crippen molar-refractivity contribution in [3.05, 3.63) is 72.3 Å². The van der Waals surface area contributed by atoms with Crippen LogP contribution in [-0.4, -0.2) is 47.9 Å². The number of amides is 2. The van der Waals surface area contributed by atoms with Crippen molar-refractivity contribution in [1.82, 2.24) is 9.80 Å². The molecule has 0 saturated carbocycles. The van der Waals surface area contributed by atoms with Gasteiger partial charge < -0.3 is 19.3 Å². The summed E-state index contributed by atoms with van der Waals surface area (Å²) in [7, 11) is 3.24. The molecule has 2 aromatic rings. The summed E-state index contributed by atoms with van der Waals surface area (Å²) < 4.78 is 10.5. The summed E-state index contributed by atoms with van der Waals surface area (Å²) >= 11 is 0. The maximum Gasteiger partial charge on any atom is 0.246 e. The van der Waals surface area contributed by atoms with Crippen LogP contribution in [0.15, 0.2) is 61.2 Å². The van der Waals surface area contributed by atoms with E-state index >= 15 is 0 Å². The second kappa shape index (κ2) is 10.4. The van der Waals surface area contributed by atoms with Crippen LogP contribution in [0, 0.1) is 5.92 Å². The number of ether oxygens (including phenoxy) is 2. The van der Waals surface area contributed by atoms with Gasteiger partial charge in [0.15, 0.2) is 0 Å². The summed E-state index contributed by atoms with van der Waals surface area (Å²) in [5, 5.41) is 0. The zero-order chi connectivity index (χ0) is 23.3. The number of benzene rings is 2. The average molecular weight is 437 g/mol. The van der Waals surface area contributed by atoms with Crippen LogP contribution < -0.4 is 9.47 Å². The van der Waals surface area contributed by atoms with Crippen molar-refractivity contribution in [2.45, 2.75) is 45.4 Å². The third-order valence-corrected chi connectivity index (χ3v) is 5.86. The molecular weight excluding hydrogens is 404 g/mol. The molecule has 2 aromatic carbocycles. The van der Waals surface area contributed by atoms with Crippen molar-refractivity contribution in [2.75, 3.05) is 14.2 Å². The first-order valence-corrected chi connectivity index (χ1v) is 10.9. The summed E-state index contributed by atoms with van der Waals surface area (Å²) in [6.45, 7) is 8.53. The third kappa shape index (κ3) is 4.96. The molecule has 32 heavy (non-hydrogen) atoms. The minimum atomic E-state index is -0.574. The zero-order valence-electron chi connectivity index (χ0n) is 19.3. The molecular formula is C26H32N2O4. The Morgan fingerprint density at radius 2 is 1.31 bits per heavy atom. The van der Waals surface area contributed by atoms with E-state index in [1.54, 1.807) is 30.1 Å². The Kier molecular flexibility index (Phi) is 7.57. The highest BCUT2D eigenvalue weighted by atomic mass is 16.5. The van der Waals surface area contributed by atoms with E-state index in [-0.39, 0.29) is 17.7 Å². The van der Waals surface area contributed by atoms with E-state index in [4.69, 9.17) is 9.47 Å². The molecule has 3 rings (SSSR count). The van der Waals surface area contributed by atoms with Crippen molar-refractivity contribution >= 4 is 11.8 Å². The van der Waals surface area contributed by atoms with E-state index in [1.165, 1.54) is 0 Å². The molecule has 0 aliphatic carbocycles. The van der Waals surface area contributed by atoms with Crippen molar-refractivity contribution in [3.63, 3.8) is 0 Å². The van der Waals surface area contributed by atoms with Crippen molar-refractivity contribution in [2.24, 2.45) is 5.92 Å². The molecule has 2 amide bonds. The van der Waals surface area contributed by atoms with Crippen molar-refractivity contribution in [1.29, 1.82) is 0 Å². The van der Waals surface area contributed by atoms with E-state index in [2.05, 4.69) is 6.58 Å². The predicted molar refractivity (Wildman–Crippen MR) is 124 cm³/mol. The molecule has 1 aliphatic rings. The molecule has 0 bridgehead atoms. The second-order valence-electron chi connectivity index (χ2n) is 8.36. The second-order valence-corrected chi connectivity index (χ2v) is 8.36. The topological polar surface area (TPSA) is 59.1 Å². The quantitative estimate of drug-likeness (QED) is 0.557. The van der Waals surface area contributed by atoms with Crippen molar-refractivity contribution < 1.29 is 19.1 Å².